The Bertz CT molecular complexity index is 778. The maximum atomic E-state index is 12.8. The van der Waals surface area contributed by atoms with Crippen LogP contribution in [0.3, 0.4) is 0 Å². The number of anilines is 1. The lowest BCUT2D eigenvalue weighted by atomic mass is 9.98. The number of piperidine rings is 1. The number of hydrogen-bond acceptors (Lipinski definition) is 4. The molecular formula is C25H39N4O3+. The summed E-state index contributed by atoms with van der Waals surface area (Å²) in [5.74, 6) is 1.30. The van der Waals surface area contributed by atoms with Crippen LogP contribution in [-0.4, -0.2) is 86.6 Å². The Labute approximate surface area is 192 Å². The molecule has 3 aliphatic rings. The second kappa shape index (κ2) is 11.0. The highest BCUT2D eigenvalue weighted by Gasteiger charge is 2.40. The number of nitrogens with zero attached hydrogens (tertiary/aromatic N) is 3. The van der Waals surface area contributed by atoms with Crippen molar-refractivity contribution in [3.63, 3.8) is 0 Å². The van der Waals surface area contributed by atoms with E-state index in [1.807, 2.05) is 15.9 Å². The van der Waals surface area contributed by atoms with Crippen LogP contribution in [0.5, 0.6) is 5.75 Å². The predicted molar refractivity (Wildman–Crippen MR) is 125 cm³/mol. The number of ether oxygens (including phenoxy) is 1. The Balaban J connectivity index is 1.22. The Morgan fingerprint density at radius 2 is 1.88 bits per heavy atom. The average molecular weight is 444 g/mol. The van der Waals surface area contributed by atoms with Crippen molar-refractivity contribution >= 4 is 17.5 Å². The molecule has 0 bridgehead atoms. The molecule has 0 unspecified atom stereocenters. The highest BCUT2D eigenvalue weighted by atomic mass is 16.5. The van der Waals surface area contributed by atoms with Gasteiger partial charge in [0.2, 0.25) is 11.8 Å². The molecule has 7 nitrogen and oxygen atoms in total. The summed E-state index contributed by atoms with van der Waals surface area (Å²) in [4.78, 5) is 32.9. The van der Waals surface area contributed by atoms with Gasteiger partial charge in [-0.3, -0.25) is 9.59 Å². The Morgan fingerprint density at radius 3 is 2.69 bits per heavy atom. The number of unbranched alkanes of at least 4 members (excludes halogenated alkanes) is 1. The van der Waals surface area contributed by atoms with Crippen LogP contribution in [0.4, 0.5) is 5.69 Å². The molecule has 1 aromatic rings. The zero-order chi connectivity index (χ0) is 22.3. The van der Waals surface area contributed by atoms with Crippen molar-refractivity contribution in [1.29, 1.82) is 0 Å². The van der Waals surface area contributed by atoms with E-state index in [1.165, 1.54) is 5.69 Å². The Kier molecular flexibility index (Phi) is 7.90. The first-order chi connectivity index (χ1) is 15.7. The molecule has 0 radical (unpaired) electrons. The smallest absolute Gasteiger partial charge is 0.245 e. The minimum Gasteiger partial charge on any atom is -0.491 e. The third-order valence-corrected chi connectivity index (χ3v) is 7.14. The number of quaternary nitrogens is 1. The van der Waals surface area contributed by atoms with Gasteiger partial charge in [0.15, 0.2) is 0 Å². The maximum Gasteiger partial charge on any atom is 0.245 e. The van der Waals surface area contributed by atoms with Crippen molar-refractivity contribution in [3.8, 4) is 5.75 Å². The summed E-state index contributed by atoms with van der Waals surface area (Å²) in [6.45, 7) is 9.95. The molecule has 3 heterocycles. The monoisotopic (exact) mass is 443 g/mol. The van der Waals surface area contributed by atoms with Gasteiger partial charge in [0.1, 0.15) is 11.8 Å². The minimum atomic E-state index is -0.194. The average Bonchev–Trinajstić information content (AvgIpc) is 2.83. The van der Waals surface area contributed by atoms with Crippen molar-refractivity contribution in [1.82, 2.24) is 9.80 Å². The third kappa shape index (κ3) is 5.37. The normalized spacial score (nSPS) is 22.3. The number of piperazine rings is 2. The van der Waals surface area contributed by atoms with E-state index in [2.05, 4.69) is 30.0 Å². The number of fused-ring (bicyclic) bond motifs is 1. The van der Waals surface area contributed by atoms with E-state index < -0.39 is 0 Å². The molecular weight excluding hydrogens is 404 g/mol. The lowest BCUT2D eigenvalue weighted by molar-refractivity contribution is -0.900. The van der Waals surface area contributed by atoms with Crippen LogP contribution in [0.15, 0.2) is 24.3 Å². The van der Waals surface area contributed by atoms with Crippen molar-refractivity contribution in [2.75, 3.05) is 63.9 Å². The van der Waals surface area contributed by atoms with Gasteiger partial charge >= 0.3 is 0 Å². The van der Waals surface area contributed by atoms with Crippen LogP contribution >= 0.6 is 0 Å². The molecule has 3 fully saturated rings. The van der Waals surface area contributed by atoms with Crippen LogP contribution in [0.1, 0.15) is 45.4 Å². The van der Waals surface area contributed by atoms with Crippen LogP contribution in [0.25, 0.3) is 0 Å². The van der Waals surface area contributed by atoms with E-state index in [-0.39, 0.29) is 24.4 Å². The van der Waals surface area contributed by atoms with Crippen LogP contribution < -0.4 is 14.5 Å². The third-order valence-electron chi connectivity index (χ3n) is 7.14. The van der Waals surface area contributed by atoms with Gasteiger partial charge in [-0.2, -0.15) is 0 Å². The number of para-hydroxylation sites is 2. The summed E-state index contributed by atoms with van der Waals surface area (Å²) in [6.07, 6.45) is 6.08. The molecule has 3 aliphatic heterocycles. The van der Waals surface area contributed by atoms with E-state index >= 15 is 0 Å². The van der Waals surface area contributed by atoms with Gasteiger partial charge in [0.05, 0.1) is 51.6 Å². The summed E-state index contributed by atoms with van der Waals surface area (Å²) in [5, 5.41) is 0. The first-order valence-electron chi connectivity index (χ1n) is 12.6. The highest BCUT2D eigenvalue weighted by Crippen LogP contribution is 2.28. The number of carbonyl (C=O) groups excluding carboxylic acids is 2. The molecule has 7 heteroatoms. The molecule has 0 aromatic heterocycles. The first-order valence-corrected chi connectivity index (χ1v) is 12.6. The van der Waals surface area contributed by atoms with Gasteiger partial charge in [-0.1, -0.05) is 25.5 Å². The van der Waals surface area contributed by atoms with Gasteiger partial charge in [0.25, 0.3) is 0 Å². The second-order valence-electron chi connectivity index (χ2n) is 9.37. The summed E-state index contributed by atoms with van der Waals surface area (Å²) in [7, 11) is 0. The molecule has 176 valence electrons. The zero-order valence-corrected chi connectivity index (χ0v) is 19.6. The molecule has 2 amide bonds. The van der Waals surface area contributed by atoms with Crippen molar-refractivity contribution in [2.45, 2.75) is 51.5 Å². The van der Waals surface area contributed by atoms with E-state index in [0.29, 0.717) is 6.54 Å². The number of carbonyl (C=O) groups is 2. The number of benzene rings is 1. The summed E-state index contributed by atoms with van der Waals surface area (Å²) >= 11 is 0. The molecule has 0 aliphatic carbocycles. The maximum absolute atomic E-state index is 12.8. The highest BCUT2D eigenvalue weighted by molar-refractivity contribution is 5.95. The summed E-state index contributed by atoms with van der Waals surface area (Å²) in [6, 6.07) is 8.19. The molecule has 1 atom stereocenters. The SMILES string of the molecule is CCCCOc1ccccc1N1CC[NH+](CCCN2CC(=O)N3CCCC[C@H]3C2=O)CC1. The van der Waals surface area contributed by atoms with Crippen LogP contribution in [0.2, 0.25) is 0 Å². The fourth-order valence-electron chi connectivity index (χ4n) is 5.22. The van der Waals surface area contributed by atoms with E-state index in [4.69, 9.17) is 4.74 Å². The van der Waals surface area contributed by atoms with E-state index in [1.54, 1.807) is 4.90 Å². The largest absolute Gasteiger partial charge is 0.491 e. The van der Waals surface area contributed by atoms with Crippen molar-refractivity contribution in [3.05, 3.63) is 24.3 Å². The lowest BCUT2D eigenvalue weighted by Gasteiger charge is -2.42. The Morgan fingerprint density at radius 1 is 1.06 bits per heavy atom. The molecule has 4 rings (SSSR count). The van der Waals surface area contributed by atoms with E-state index in [9.17, 15) is 9.59 Å². The molecule has 1 N–H and O–H groups in total. The van der Waals surface area contributed by atoms with Gasteiger partial charge in [0, 0.05) is 19.5 Å². The predicted octanol–water partition coefficient (Wildman–Crippen LogP) is 1.18. The molecule has 0 saturated carbocycles. The van der Waals surface area contributed by atoms with Crippen molar-refractivity contribution < 1.29 is 19.2 Å². The van der Waals surface area contributed by atoms with Gasteiger partial charge in [-0.15, -0.1) is 0 Å². The van der Waals surface area contributed by atoms with Gasteiger partial charge < -0.3 is 24.3 Å². The second-order valence-corrected chi connectivity index (χ2v) is 9.37. The first kappa shape index (κ1) is 22.9. The van der Waals surface area contributed by atoms with Gasteiger partial charge in [-0.25, -0.2) is 0 Å². The standard InChI is InChI=1S/C25H38N4O3/c1-2-3-19-32-23-11-5-4-9-21(23)27-17-15-26(16-18-27)12-8-13-28-20-24(30)29-14-7-6-10-22(29)25(28)31/h4-5,9,11,22H,2-3,6-8,10,12-20H2,1H3/p+1/t22-/m0/s1. The fraction of sp³-hybridized carbons (Fsp3) is 0.680. The molecule has 0 spiro atoms. The van der Waals surface area contributed by atoms with Crippen LogP contribution in [0, 0.1) is 0 Å². The number of rotatable bonds is 9. The summed E-state index contributed by atoms with van der Waals surface area (Å²) in [5.41, 5.74) is 1.21. The summed E-state index contributed by atoms with van der Waals surface area (Å²) < 4.78 is 6.03. The van der Waals surface area contributed by atoms with Crippen LogP contribution in [-0.2, 0) is 9.59 Å². The topological polar surface area (TPSA) is 57.5 Å². The minimum absolute atomic E-state index is 0.134. The zero-order valence-electron chi connectivity index (χ0n) is 19.6. The quantitative estimate of drug-likeness (QED) is 0.583. The lowest BCUT2D eigenvalue weighted by Crippen LogP contribution is -3.15. The van der Waals surface area contributed by atoms with Gasteiger partial charge in [-0.05, 0) is 37.8 Å². The number of nitrogens with one attached hydrogen (secondary N) is 1. The molecule has 3 saturated heterocycles. The number of hydrogen-bond donors (Lipinski definition) is 1. The Hall–Kier alpha value is -2.28. The van der Waals surface area contributed by atoms with Crippen molar-refractivity contribution in [2.24, 2.45) is 0 Å². The number of amides is 2. The fourth-order valence-corrected chi connectivity index (χ4v) is 5.22. The molecule has 32 heavy (non-hydrogen) atoms. The molecule has 1 aromatic carbocycles. The van der Waals surface area contributed by atoms with E-state index in [0.717, 1.165) is 90.1 Å².